The topological polar surface area (TPSA) is 80.0 Å². The van der Waals surface area contributed by atoms with E-state index in [0.29, 0.717) is 0 Å². The predicted octanol–water partition coefficient (Wildman–Crippen LogP) is 2.97. The molecule has 0 fully saturated rings. The summed E-state index contributed by atoms with van der Waals surface area (Å²) < 4.78 is 1.93. The number of anilines is 1. The van der Waals surface area contributed by atoms with Crippen molar-refractivity contribution in [2.75, 3.05) is 18.4 Å². The van der Waals surface area contributed by atoms with Gasteiger partial charge in [-0.15, -0.1) is 22.7 Å². The van der Waals surface area contributed by atoms with Crippen LogP contribution in [0.15, 0.2) is 15.8 Å². The van der Waals surface area contributed by atoms with Gasteiger partial charge in [0.2, 0.25) is 0 Å². The quantitative estimate of drug-likeness (QED) is 0.719. The lowest BCUT2D eigenvalue weighted by molar-refractivity contribution is 0.730. The molecule has 0 aromatic carbocycles. The molecule has 1 aliphatic rings. The van der Waals surface area contributed by atoms with Gasteiger partial charge in [-0.3, -0.25) is 9.67 Å². The maximum Gasteiger partial charge on any atom is 0.197 e. The fraction of sp³-hybridized carbons (Fsp3) is 0.412. The Morgan fingerprint density at radius 2 is 2.00 bits per heavy atom. The highest BCUT2D eigenvalue weighted by molar-refractivity contribution is 7.14. The number of hydrogen-bond donors (Lipinski definition) is 2. The summed E-state index contributed by atoms with van der Waals surface area (Å²) in [6.07, 6.45) is 1.89. The Labute approximate surface area is 160 Å². The minimum Gasteiger partial charge on any atom is -0.356 e. The van der Waals surface area contributed by atoms with Crippen LogP contribution in [0.25, 0.3) is 11.4 Å². The van der Waals surface area contributed by atoms with Crippen molar-refractivity contribution in [3.63, 3.8) is 0 Å². The molecule has 0 spiro atoms. The van der Waals surface area contributed by atoms with Crippen LogP contribution in [-0.2, 0) is 13.5 Å². The van der Waals surface area contributed by atoms with Crippen molar-refractivity contribution < 1.29 is 0 Å². The molecule has 4 rings (SSSR count). The van der Waals surface area contributed by atoms with E-state index in [-0.39, 0.29) is 0 Å². The molecule has 2 N–H and O–H groups in total. The summed E-state index contributed by atoms with van der Waals surface area (Å²) in [5.41, 5.74) is 5.35. The molecule has 9 heteroatoms. The van der Waals surface area contributed by atoms with Crippen LogP contribution >= 0.6 is 22.7 Å². The number of aromatic nitrogens is 4. The Morgan fingerprint density at radius 3 is 2.73 bits per heavy atom. The molecule has 0 atom stereocenters. The summed E-state index contributed by atoms with van der Waals surface area (Å²) in [5, 5.41) is 17.0. The van der Waals surface area contributed by atoms with E-state index in [2.05, 4.69) is 44.9 Å². The molecule has 7 nitrogen and oxygen atoms in total. The third-order valence-corrected chi connectivity index (χ3v) is 6.03. The molecule has 0 amide bonds. The van der Waals surface area contributed by atoms with Crippen LogP contribution < -0.4 is 10.6 Å². The standard InChI is InChI=1S/C17H21N7S2/c1-10-12(11(2)24(3)23-10)7-15-20-13(8-25-15)14-9-26-17(21-14)22-16-18-5-4-6-19-16/h8-9H,4-7H2,1-3H3,(H2,18,19,21,22). The molecular weight excluding hydrogens is 366 g/mol. The average molecular weight is 388 g/mol. The first-order chi connectivity index (χ1) is 12.6. The summed E-state index contributed by atoms with van der Waals surface area (Å²) in [6, 6.07) is 0. The molecule has 4 heterocycles. The average Bonchev–Trinajstić information content (AvgIpc) is 3.33. The van der Waals surface area contributed by atoms with E-state index < -0.39 is 0 Å². The number of nitrogens with zero attached hydrogens (tertiary/aromatic N) is 5. The van der Waals surface area contributed by atoms with Gasteiger partial charge >= 0.3 is 0 Å². The summed E-state index contributed by atoms with van der Waals surface area (Å²) in [5.74, 6) is 0.804. The van der Waals surface area contributed by atoms with Crippen LogP contribution in [-0.4, -0.2) is 38.8 Å². The van der Waals surface area contributed by atoms with Crippen molar-refractivity contribution >= 4 is 33.8 Å². The Hall–Kier alpha value is -2.26. The number of aryl methyl sites for hydroxylation is 2. The molecule has 3 aromatic rings. The minimum absolute atomic E-state index is 0.804. The Balaban J connectivity index is 1.48. The third kappa shape index (κ3) is 3.49. The number of aliphatic imine (C=N–C) groups is 1. The van der Waals surface area contributed by atoms with Crippen LogP contribution in [0, 0.1) is 13.8 Å². The molecular formula is C17H21N7S2. The first-order valence-electron chi connectivity index (χ1n) is 8.55. The van der Waals surface area contributed by atoms with Crippen molar-refractivity contribution in [3.05, 3.63) is 32.7 Å². The largest absolute Gasteiger partial charge is 0.356 e. The molecule has 3 aromatic heterocycles. The molecule has 26 heavy (non-hydrogen) atoms. The Kier molecular flexibility index (Phi) is 4.73. The summed E-state index contributed by atoms with van der Waals surface area (Å²) in [6.45, 7) is 5.96. The Morgan fingerprint density at radius 1 is 1.19 bits per heavy atom. The number of rotatable bonds is 4. The van der Waals surface area contributed by atoms with E-state index in [0.717, 1.165) is 59.1 Å². The molecule has 0 bridgehead atoms. The van der Waals surface area contributed by atoms with Gasteiger partial charge in [0.15, 0.2) is 11.1 Å². The summed E-state index contributed by atoms with van der Waals surface area (Å²) in [7, 11) is 1.98. The first kappa shape index (κ1) is 17.2. The minimum atomic E-state index is 0.804. The second-order valence-corrected chi connectivity index (χ2v) is 8.05. The van der Waals surface area contributed by atoms with Crippen molar-refractivity contribution in [2.24, 2.45) is 12.0 Å². The van der Waals surface area contributed by atoms with E-state index in [4.69, 9.17) is 4.98 Å². The van der Waals surface area contributed by atoms with Gasteiger partial charge < -0.3 is 10.6 Å². The van der Waals surface area contributed by atoms with Gasteiger partial charge in [-0.05, 0) is 20.3 Å². The number of thiazole rings is 2. The lowest BCUT2D eigenvalue weighted by Gasteiger charge is -2.13. The molecule has 0 unspecified atom stereocenters. The van der Waals surface area contributed by atoms with Crippen molar-refractivity contribution in [3.8, 4) is 11.4 Å². The zero-order valence-electron chi connectivity index (χ0n) is 15.0. The third-order valence-electron chi connectivity index (χ3n) is 4.43. The zero-order chi connectivity index (χ0) is 18.1. The van der Waals surface area contributed by atoms with Gasteiger partial charge in [0, 0.05) is 48.6 Å². The maximum atomic E-state index is 4.78. The second kappa shape index (κ2) is 7.16. The molecule has 0 radical (unpaired) electrons. The highest BCUT2D eigenvalue weighted by Gasteiger charge is 2.14. The molecule has 0 aliphatic carbocycles. The van der Waals surface area contributed by atoms with Crippen molar-refractivity contribution in [1.82, 2.24) is 25.1 Å². The van der Waals surface area contributed by atoms with E-state index in [9.17, 15) is 0 Å². The van der Waals surface area contributed by atoms with Crippen LogP contribution in [0.1, 0.15) is 28.4 Å². The molecule has 0 saturated carbocycles. The highest BCUT2D eigenvalue weighted by atomic mass is 32.1. The molecule has 1 aliphatic heterocycles. The summed E-state index contributed by atoms with van der Waals surface area (Å²) in [4.78, 5) is 13.8. The van der Waals surface area contributed by atoms with E-state index in [1.165, 1.54) is 11.3 Å². The van der Waals surface area contributed by atoms with Crippen LogP contribution in [0.2, 0.25) is 0 Å². The Bertz CT molecular complexity index is 950. The van der Waals surface area contributed by atoms with Gasteiger partial charge in [-0.1, -0.05) is 0 Å². The fourth-order valence-corrected chi connectivity index (χ4v) is 4.40. The second-order valence-electron chi connectivity index (χ2n) is 6.25. The van der Waals surface area contributed by atoms with Gasteiger partial charge in [0.1, 0.15) is 11.4 Å². The fourth-order valence-electron chi connectivity index (χ4n) is 2.90. The van der Waals surface area contributed by atoms with E-state index in [1.807, 2.05) is 17.1 Å². The lowest BCUT2D eigenvalue weighted by Crippen LogP contribution is -2.35. The van der Waals surface area contributed by atoms with E-state index in [1.54, 1.807) is 22.7 Å². The number of guanidine groups is 1. The number of hydrogen-bond acceptors (Lipinski definition) is 8. The van der Waals surface area contributed by atoms with Gasteiger partial charge in [0.25, 0.3) is 0 Å². The molecule has 0 saturated heterocycles. The zero-order valence-corrected chi connectivity index (χ0v) is 16.7. The monoisotopic (exact) mass is 387 g/mol. The van der Waals surface area contributed by atoms with Crippen LogP contribution in [0.5, 0.6) is 0 Å². The maximum absolute atomic E-state index is 4.78. The van der Waals surface area contributed by atoms with Gasteiger partial charge in [0.05, 0.1) is 10.7 Å². The lowest BCUT2D eigenvalue weighted by atomic mass is 10.1. The summed E-state index contributed by atoms with van der Waals surface area (Å²) >= 11 is 3.24. The van der Waals surface area contributed by atoms with Crippen molar-refractivity contribution in [1.29, 1.82) is 0 Å². The molecule has 136 valence electrons. The number of nitrogens with one attached hydrogen (secondary N) is 2. The van der Waals surface area contributed by atoms with E-state index >= 15 is 0 Å². The van der Waals surface area contributed by atoms with Crippen molar-refractivity contribution in [2.45, 2.75) is 26.7 Å². The van der Waals surface area contributed by atoms with Gasteiger partial charge in [-0.25, -0.2) is 9.97 Å². The highest BCUT2D eigenvalue weighted by Crippen LogP contribution is 2.28. The van der Waals surface area contributed by atoms with Crippen LogP contribution in [0.3, 0.4) is 0 Å². The smallest absolute Gasteiger partial charge is 0.197 e. The first-order valence-corrected chi connectivity index (χ1v) is 10.3. The predicted molar refractivity (Wildman–Crippen MR) is 107 cm³/mol. The van der Waals surface area contributed by atoms with Crippen LogP contribution in [0.4, 0.5) is 5.13 Å². The SMILES string of the molecule is Cc1nn(C)c(C)c1Cc1nc(-c2csc(NC3=NCCCN3)n2)cs1. The normalized spacial score (nSPS) is 14.2. The van der Waals surface area contributed by atoms with Gasteiger partial charge in [-0.2, -0.15) is 5.10 Å².